The molecule has 0 radical (unpaired) electrons. The largest absolute Gasteiger partial charge is 0.463 e. The third-order valence-corrected chi connectivity index (χ3v) is 6.97. The SMILES string of the molecule is CCCCCCC(CO)CCCC.CCCCCCCCCCCC(=O)OC(C)CCCCCC. The molecule has 2 atom stereocenters. The molecule has 3 heteroatoms. The summed E-state index contributed by atoms with van der Waals surface area (Å²) >= 11 is 0. The van der Waals surface area contributed by atoms with E-state index in [1.165, 1.54) is 128 Å². The molecule has 0 saturated carbocycles. The molecule has 0 saturated heterocycles. The maximum Gasteiger partial charge on any atom is 0.306 e. The second kappa shape index (κ2) is 31.5. The number of carbonyl (C=O) groups excluding carboxylic acids is 1. The Bertz CT molecular complexity index is 396. The lowest BCUT2D eigenvalue weighted by Gasteiger charge is -2.13. The molecule has 0 aliphatic heterocycles. The lowest BCUT2D eigenvalue weighted by molar-refractivity contribution is -0.148. The van der Waals surface area contributed by atoms with Crippen LogP contribution in [0.1, 0.15) is 182 Å². The summed E-state index contributed by atoms with van der Waals surface area (Å²) in [5, 5.41) is 9.11. The van der Waals surface area contributed by atoms with Crippen LogP contribution < -0.4 is 0 Å². The van der Waals surface area contributed by atoms with Gasteiger partial charge in [-0.25, -0.2) is 0 Å². The highest BCUT2D eigenvalue weighted by atomic mass is 16.5. The number of hydrogen-bond donors (Lipinski definition) is 1. The zero-order chi connectivity index (χ0) is 26.4. The molecule has 0 bridgehead atoms. The molecular weight excluding hydrogens is 432 g/mol. The third-order valence-electron chi connectivity index (χ3n) is 6.97. The van der Waals surface area contributed by atoms with E-state index >= 15 is 0 Å². The maximum absolute atomic E-state index is 11.7. The van der Waals surface area contributed by atoms with Crippen molar-refractivity contribution in [3.8, 4) is 0 Å². The van der Waals surface area contributed by atoms with Crippen LogP contribution in [0.25, 0.3) is 0 Å². The lowest BCUT2D eigenvalue weighted by Crippen LogP contribution is -2.14. The molecule has 1 N–H and O–H groups in total. The second-order valence-electron chi connectivity index (χ2n) is 10.8. The van der Waals surface area contributed by atoms with E-state index in [-0.39, 0.29) is 12.1 Å². The van der Waals surface area contributed by atoms with Crippen molar-refractivity contribution < 1.29 is 14.6 Å². The van der Waals surface area contributed by atoms with Crippen molar-refractivity contribution in [2.45, 2.75) is 188 Å². The average molecular weight is 499 g/mol. The highest BCUT2D eigenvalue weighted by Crippen LogP contribution is 2.16. The molecule has 0 fully saturated rings. The van der Waals surface area contributed by atoms with Crippen LogP contribution in [0, 0.1) is 5.92 Å². The summed E-state index contributed by atoms with van der Waals surface area (Å²) in [4.78, 5) is 11.7. The zero-order valence-corrected chi connectivity index (χ0v) is 24.9. The van der Waals surface area contributed by atoms with E-state index in [2.05, 4.69) is 27.7 Å². The molecule has 0 aliphatic rings. The minimum absolute atomic E-state index is 0.00550. The van der Waals surface area contributed by atoms with Crippen LogP contribution in [0.2, 0.25) is 0 Å². The predicted octanol–water partition coefficient (Wildman–Crippen LogP) is 10.6. The summed E-state index contributed by atoms with van der Waals surface area (Å²) in [6, 6.07) is 0. The highest BCUT2D eigenvalue weighted by Gasteiger charge is 2.09. The van der Waals surface area contributed by atoms with Crippen molar-refractivity contribution >= 4 is 5.97 Å². The number of ether oxygens (including phenoxy) is 1. The van der Waals surface area contributed by atoms with Gasteiger partial charge in [0.2, 0.25) is 0 Å². The number of aliphatic hydroxyl groups excluding tert-OH is 1. The fourth-order valence-corrected chi connectivity index (χ4v) is 4.46. The van der Waals surface area contributed by atoms with E-state index in [0.717, 1.165) is 12.8 Å². The standard InChI is InChI=1S/C20H40O2.C12H26O/c1-4-6-8-10-11-12-13-14-16-18-20(21)22-19(3)17-15-9-7-5-2;1-3-5-7-8-10-12(11-13)9-6-4-2/h19H,4-18H2,1-3H3;12-13H,3-11H2,1-2H3. The molecule has 3 nitrogen and oxygen atoms in total. The van der Waals surface area contributed by atoms with Gasteiger partial charge in [0, 0.05) is 13.0 Å². The van der Waals surface area contributed by atoms with Crippen molar-refractivity contribution in [3.05, 3.63) is 0 Å². The summed E-state index contributed by atoms with van der Waals surface area (Å²) < 4.78 is 5.46. The highest BCUT2D eigenvalue weighted by molar-refractivity contribution is 5.69. The number of rotatable bonds is 25. The molecule has 2 unspecified atom stereocenters. The van der Waals surface area contributed by atoms with Crippen LogP contribution in [0.5, 0.6) is 0 Å². The molecule has 0 amide bonds. The van der Waals surface area contributed by atoms with E-state index in [0.29, 0.717) is 18.9 Å². The first kappa shape index (κ1) is 36.6. The van der Waals surface area contributed by atoms with Crippen molar-refractivity contribution in [2.75, 3.05) is 6.61 Å². The Morgan fingerprint density at radius 1 is 0.571 bits per heavy atom. The average Bonchev–Trinajstić information content (AvgIpc) is 2.85. The molecule has 0 aromatic rings. The molecule has 0 spiro atoms. The minimum Gasteiger partial charge on any atom is -0.463 e. The molecule has 0 aromatic carbocycles. The zero-order valence-electron chi connectivity index (χ0n) is 24.9. The van der Waals surface area contributed by atoms with Crippen molar-refractivity contribution in [1.29, 1.82) is 0 Å². The van der Waals surface area contributed by atoms with Crippen LogP contribution in [0.4, 0.5) is 0 Å². The third kappa shape index (κ3) is 31.4. The summed E-state index contributed by atoms with van der Waals surface area (Å²) in [7, 11) is 0. The first-order valence-corrected chi connectivity index (χ1v) is 15.9. The number of esters is 1. The van der Waals surface area contributed by atoms with E-state index in [4.69, 9.17) is 9.84 Å². The van der Waals surface area contributed by atoms with Gasteiger partial charge in [-0.3, -0.25) is 4.79 Å². The van der Waals surface area contributed by atoms with Gasteiger partial charge in [0.1, 0.15) is 0 Å². The van der Waals surface area contributed by atoms with Gasteiger partial charge in [0.05, 0.1) is 6.10 Å². The van der Waals surface area contributed by atoms with E-state index < -0.39 is 0 Å². The van der Waals surface area contributed by atoms with Crippen molar-refractivity contribution in [1.82, 2.24) is 0 Å². The van der Waals surface area contributed by atoms with Crippen LogP contribution in [-0.4, -0.2) is 23.8 Å². The van der Waals surface area contributed by atoms with Crippen LogP contribution in [-0.2, 0) is 9.53 Å². The molecular formula is C32H66O3. The van der Waals surface area contributed by atoms with Gasteiger partial charge in [-0.1, -0.05) is 137 Å². The Hall–Kier alpha value is -0.570. The Labute approximate surface area is 221 Å². The molecule has 0 heterocycles. The Kier molecular flexibility index (Phi) is 32.9. The normalized spacial score (nSPS) is 12.6. The number of unbranched alkanes of at least 4 members (excludes halogenated alkanes) is 15. The Morgan fingerprint density at radius 3 is 1.46 bits per heavy atom. The van der Waals surface area contributed by atoms with E-state index in [9.17, 15) is 4.79 Å². The molecule has 0 aliphatic carbocycles. The van der Waals surface area contributed by atoms with Gasteiger partial charge in [-0.05, 0) is 44.9 Å². The summed E-state index contributed by atoms with van der Waals surface area (Å²) in [5.74, 6) is 0.586. The van der Waals surface area contributed by atoms with E-state index in [1.54, 1.807) is 0 Å². The maximum atomic E-state index is 11.7. The van der Waals surface area contributed by atoms with Gasteiger partial charge < -0.3 is 9.84 Å². The molecule has 35 heavy (non-hydrogen) atoms. The summed E-state index contributed by atoms with van der Waals surface area (Å²) in [6.07, 6.45) is 28.6. The molecule has 0 rings (SSSR count). The fraction of sp³-hybridized carbons (Fsp3) is 0.969. The van der Waals surface area contributed by atoms with Crippen LogP contribution in [0.3, 0.4) is 0 Å². The first-order chi connectivity index (χ1) is 17.0. The topological polar surface area (TPSA) is 46.5 Å². The minimum atomic E-state index is 0.00550. The smallest absolute Gasteiger partial charge is 0.306 e. The van der Waals surface area contributed by atoms with Crippen LogP contribution in [0.15, 0.2) is 0 Å². The van der Waals surface area contributed by atoms with E-state index in [1.807, 2.05) is 6.92 Å². The molecule has 0 aromatic heterocycles. The summed E-state index contributed by atoms with van der Waals surface area (Å²) in [5.41, 5.74) is 0. The Balaban J connectivity index is 0. The molecule has 212 valence electrons. The van der Waals surface area contributed by atoms with Gasteiger partial charge >= 0.3 is 5.97 Å². The van der Waals surface area contributed by atoms with Crippen molar-refractivity contribution in [2.24, 2.45) is 5.92 Å². The van der Waals surface area contributed by atoms with Gasteiger partial charge in [-0.15, -0.1) is 0 Å². The summed E-state index contributed by atoms with van der Waals surface area (Å²) in [6.45, 7) is 11.3. The van der Waals surface area contributed by atoms with Gasteiger partial charge in [0.25, 0.3) is 0 Å². The van der Waals surface area contributed by atoms with Gasteiger partial charge in [-0.2, -0.15) is 0 Å². The monoisotopic (exact) mass is 499 g/mol. The van der Waals surface area contributed by atoms with Gasteiger partial charge in [0.15, 0.2) is 0 Å². The number of carbonyl (C=O) groups is 1. The second-order valence-corrected chi connectivity index (χ2v) is 10.8. The van der Waals surface area contributed by atoms with Crippen LogP contribution >= 0.6 is 0 Å². The predicted molar refractivity (Wildman–Crippen MR) is 155 cm³/mol. The van der Waals surface area contributed by atoms with Crippen molar-refractivity contribution in [3.63, 3.8) is 0 Å². The number of aliphatic hydroxyl groups is 1. The quantitative estimate of drug-likeness (QED) is 0.100. The first-order valence-electron chi connectivity index (χ1n) is 15.9. The fourth-order valence-electron chi connectivity index (χ4n) is 4.46. The number of hydrogen-bond acceptors (Lipinski definition) is 3. The Morgan fingerprint density at radius 2 is 0.971 bits per heavy atom. The lowest BCUT2D eigenvalue weighted by atomic mass is 9.96.